The molecule has 1 aliphatic rings. The van der Waals surface area contributed by atoms with Crippen molar-refractivity contribution < 1.29 is 15.0 Å². The Morgan fingerprint density at radius 2 is 2.04 bits per heavy atom. The molecule has 3 N–H and O–H groups in total. The van der Waals surface area contributed by atoms with Crippen molar-refractivity contribution in [1.82, 2.24) is 4.98 Å². The van der Waals surface area contributed by atoms with Crippen LogP contribution < -0.4 is 5.32 Å². The number of hydrogen-bond acceptors (Lipinski definition) is 5. The van der Waals surface area contributed by atoms with Gasteiger partial charge in [0.2, 0.25) is 5.91 Å². The van der Waals surface area contributed by atoms with Crippen LogP contribution in [0.5, 0.6) is 11.5 Å². The number of hydrogen-bond donors (Lipinski definition) is 3. The summed E-state index contributed by atoms with van der Waals surface area (Å²) in [6.07, 6.45) is 2.19. The molecule has 1 aliphatic carbocycles. The van der Waals surface area contributed by atoms with Crippen LogP contribution in [0.4, 0.5) is 5.13 Å². The van der Waals surface area contributed by atoms with E-state index >= 15 is 0 Å². The lowest BCUT2D eigenvalue weighted by atomic mass is 9.73. The first-order chi connectivity index (χ1) is 12.5. The Balaban J connectivity index is 1.81. The van der Waals surface area contributed by atoms with E-state index in [0.717, 1.165) is 16.7 Å². The van der Waals surface area contributed by atoms with Crippen LogP contribution in [0.15, 0.2) is 54.0 Å². The summed E-state index contributed by atoms with van der Waals surface area (Å²) >= 11 is 1.37. The predicted octanol–water partition coefficient (Wildman–Crippen LogP) is 3.89. The summed E-state index contributed by atoms with van der Waals surface area (Å²) in [5.74, 6) is -0.0922. The van der Waals surface area contributed by atoms with E-state index in [4.69, 9.17) is 0 Å². The number of rotatable bonds is 3. The van der Waals surface area contributed by atoms with E-state index in [1.165, 1.54) is 11.3 Å². The van der Waals surface area contributed by atoms with E-state index in [9.17, 15) is 15.0 Å². The molecular formula is C20H18N2O3S. The molecule has 1 aromatic heterocycles. The Bertz CT molecular complexity index is 971. The Morgan fingerprint density at radius 1 is 1.23 bits per heavy atom. The number of anilines is 1. The van der Waals surface area contributed by atoms with Gasteiger partial charge in [-0.3, -0.25) is 4.79 Å². The third-order valence-corrected chi connectivity index (χ3v) is 5.70. The van der Waals surface area contributed by atoms with Gasteiger partial charge in [0.25, 0.3) is 0 Å². The molecule has 4 rings (SSSR count). The number of fused-ring (bicyclic) bond motifs is 1. The van der Waals surface area contributed by atoms with Crippen molar-refractivity contribution in [3.8, 4) is 11.5 Å². The van der Waals surface area contributed by atoms with Crippen LogP contribution in [-0.4, -0.2) is 21.1 Å². The zero-order chi connectivity index (χ0) is 18.3. The van der Waals surface area contributed by atoms with Gasteiger partial charge >= 0.3 is 0 Å². The average Bonchev–Trinajstić information content (AvgIpc) is 3.20. The maximum atomic E-state index is 13.2. The lowest BCUT2D eigenvalue weighted by Gasteiger charge is -2.31. The summed E-state index contributed by atoms with van der Waals surface area (Å²) in [7, 11) is 0. The SMILES string of the molecule is C[C@]1(C(=O)Nc2nccs2)Cc2ccc(O)cc2[C@H]1c1cccc(O)c1. The summed E-state index contributed by atoms with van der Waals surface area (Å²) in [4.78, 5) is 17.3. The second-order valence-electron chi connectivity index (χ2n) is 6.80. The Morgan fingerprint density at radius 3 is 2.77 bits per heavy atom. The molecule has 26 heavy (non-hydrogen) atoms. The normalized spacial score (nSPS) is 21.3. The molecular weight excluding hydrogens is 348 g/mol. The molecule has 132 valence electrons. The van der Waals surface area contributed by atoms with Gasteiger partial charge in [0.05, 0.1) is 5.41 Å². The second kappa shape index (κ2) is 6.14. The lowest BCUT2D eigenvalue weighted by Crippen LogP contribution is -2.37. The number of phenols is 2. The van der Waals surface area contributed by atoms with Gasteiger partial charge < -0.3 is 15.5 Å². The van der Waals surface area contributed by atoms with E-state index in [1.54, 1.807) is 36.5 Å². The predicted molar refractivity (Wildman–Crippen MR) is 101 cm³/mol. The molecule has 0 radical (unpaired) electrons. The zero-order valence-electron chi connectivity index (χ0n) is 14.1. The minimum absolute atomic E-state index is 0.128. The van der Waals surface area contributed by atoms with Crippen LogP contribution in [0, 0.1) is 5.41 Å². The first-order valence-corrected chi connectivity index (χ1v) is 9.17. The minimum Gasteiger partial charge on any atom is -0.508 e. The number of aromatic hydroxyl groups is 2. The highest BCUT2D eigenvalue weighted by molar-refractivity contribution is 7.13. The monoisotopic (exact) mass is 366 g/mol. The Labute approximate surface area is 155 Å². The number of benzene rings is 2. The lowest BCUT2D eigenvalue weighted by molar-refractivity contribution is -0.125. The fourth-order valence-corrected chi connectivity index (χ4v) is 4.37. The molecule has 2 aromatic carbocycles. The zero-order valence-corrected chi connectivity index (χ0v) is 15.0. The summed E-state index contributed by atoms with van der Waals surface area (Å²) in [6, 6.07) is 12.2. The van der Waals surface area contributed by atoms with Crippen molar-refractivity contribution in [1.29, 1.82) is 0 Å². The van der Waals surface area contributed by atoms with Gasteiger partial charge in [0.15, 0.2) is 5.13 Å². The summed E-state index contributed by atoms with van der Waals surface area (Å²) < 4.78 is 0. The van der Waals surface area contributed by atoms with Crippen molar-refractivity contribution >= 4 is 22.4 Å². The van der Waals surface area contributed by atoms with Gasteiger partial charge in [-0.05, 0) is 54.3 Å². The molecule has 0 saturated heterocycles. The second-order valence-corrected chi connectivity index (χ2v) is 7.69. The Hall–Kier alpha value is -2.86. The van der Waals surface area contributed by atoms with E-state index in [1.807, 2.05) is 24.4 Å². The molecule has 0 unspecified atom stereocenters. The molecule has 5 nitrogen and oxygen atoms in total. The van der Waals surface area contributed by atoms with Gasteiger partial charge in [-0.2, -0.15) is 0 Å². The summed E-state index contributed by atoms with van der Waals surface area (Å²) in [5, 5.41) is 25.2. The first kappa shape index (κ1) is 16.6. The fraction of sp³-hybridized carbons (Fsp3) is 0.200. The molecule has 0 fully saturated rings. The smallest absolute Gasteiger partial charge is 0.233 e. The van der Waals surface area contributed by atoms with Gasteiger partial charge in [-0.15, -0.1) is 11.3 Å². The van der Waals surface area contributed by atoms with E-state index in [2.05, 4.69) is 10.3 Å². The van der Waals surface area contributed by atoms with Crippen LogP contribution in [0.25, 0.3) is 0 Å². The van der Waals surface area contributed by atoms with Gasteiger partial charge in [-0.1, -0.05) is 18.2 Å². The number of thiazole rings is 1. The first-order valence-electron chi connectivity index (χ1n) is 8.29. The van der Waals surface area contributed by atoms with Crippen LogP contribution in [0.2, 0.25) is 0 Å². The molecule has 3 aromatic rings. The summed E-state index contributed by atoms with van der Waals surface area (Å²) in [6.45, 7) is 1.92. The molecule has 1 heterocycles. The number of aromatic nitrogens is 1. The third kappa shape index (κ3) is 2.72. The number of phenolic OH excluding ortho intramolecular Hbond substituents is 2. The van der Waals surface area contributed by atoms with E-state index in [0.29, 0.717) is 11.6 Å². The topological polar surface area (TPSA) is 82.5 Å². The molecule has 1 amide bonds. The number of carbonyl (C=O) groups excluding carboxylic acids is 1. The van der Waals surface area contributed by atoms with E-state index < -0.39 is 5.41 Å². The fourth-order valence-electron chi connectivity index (χ4n) is 3.84. The summed E-state index contributed by atoms with van der Waals surface area (Å²) in [5.41, 5.74) is 2.00. The molecule has 0 bridgehead atoms. The quantitative estimate of drug-likeness (QED) is 0.657. The van der Waals surface area contributed by atoms with Crippen molar-refractivity contribution in [2.45, 2.75) is 19.3 Å². The van der Waals surface area contributed by atoms with Crippen LogP contribution >= 0.6 is 11.3 Å². The van der Waals surface area contributed by atoms with Crippen molar-refractivity contribution in [2.75, 3.05) is 5.32 Å². The standard InChI is InChI=1S/C20H18N2O3S/c1-20(18(25)22-19-21-7-8-26-19)11-13-5-6-15(24)10-16(13)17(20)12-3-2-4-14(23)9-12/h2-10,17,23-24H,11H2,1H3,(H,21,22,25)/t17-,20+/m1/s1. The van der Waals surface area contributed by atoms with Gasteiger partial charge in [-0.25, -0.2) is 4.98 Å². The van der Waals surface area contributed by atoms with Crippen LogP contribution in [-0.2, 0) is 11.2 Å². The number of nitrogens with zero attached hydrogens (tertiary/aromatic N) is 1. The van der Waals surface area contributed by atoms with Gasteiger partial charge in [0.1, 0.15) is 11.5 Å². The highest BCUT2D eigenvalue weighted by Crippen LogP contribution is 2.52. The largest absolute Gasteiger partial charge is 0.508 e. The number of carbonyl (C=O) groups is 1. The van der Waals surface area contributed by atoms with Crippen LogP contribution in [0.3, 0.4) is 0 Å². The molecule has 2 atom stereocenters. The van der Waals surface area contributed by atoms with Crippen molar-refractivity contribution in [2.24, 2.45) is 5.41 Å². The molecule has 0 spiro atoms. The van der Waals surface area contributed by atoms with Crippen molar-refractivity contribution in [3.05, 3.63) is 70.7 Å². The van der Waals surface area contributed by atoms with Crippen LogP contribution in [0.1, 0.15) is 29.5 Å². The Kier molecular flexibility index (Phi) is 3.92. The number of amides is 1. The molecule has 6 heteroatoms. The minimum atomic E-state index is -0.768. The third-order valence-electron chi connectivity index (χ3n) is 5.01. The molecule has 0 saturated carbocycles. The van der Waals surface area contributed by atoms with E-state index in [-0.39, 0.29) is 23.3 Å². The van der Waals surface area contributed by atoms with Crippen molar-refractivity contribution in [3.63, 3.8) is 0 Å². The maximum absolute atomic E-state index is 13.2. The average molecular weight is 366 g/mol. The highest BCUT2D eigenvalue weighted by atomic mass is 32.1. The van der Waals surface area contributed by atoms with Gasteiger partial charge in [0, 0.05) is 17.5 Å². The maximum Gasteiger partial charge on any atom is 0.233 e. The highest BCUT2D eigenvalue weighted by Gasteiger charge is 2.49. The molecule has 0 aliphatic heterocycles. The number of nitrogens with one attached hydrogen (secondary N) is 1.